The Bertz CT molecular complexity index is 2670. The second-order valence-electron chi connectivity index (χ2n) is 20.9. The van der Waals surface area contributed by atoms with Crippen LogP contribution in [-0.2, 0) is 66.8 Å². The number of rotatable bonds is 14. The van der Waals surface area contributed by atoms with E-state index >= 15 is 0 Å². The number of methoxy groups -OCH3 is 4. The fraction of sp³-hybridized carbons (Fsp3) is 0.500. The molecule has 23 heteroatoms. The van der Waals surface area contributed by atoms with E-state index in [0.29, 0.717) is 22.7 Å². The summed E-state index contributed by atoms with van der Waals surface area (Å²) in [6, 6.07) is 0. The molecule has 4 amide bonds. The first kappa shape index (κ1) is 68.2. The van der Waals surface area contributed by atoms with E-state index in [-0.39, 0.29) is 95.4 Å². The number of fused-ring (bicyclic) bond motifs is 4. The van der Waals surface area contributed by atoms with Crippen molar-refractivity contribution in [3.05, 3.63) is 117 Å². The molecule has 0 radical (unpaired) electrons. The van der Waals surface area contributed by atoms with Gasteiger partial charge in [-0.3, -0.25) is 38.4 Å². The van der Waals surface area contributed by atoms with Crippen LogP contribution in [0.5, 0.6) is 0 Å². The number of allylic oxidation sites excluding steroid dienone is 10. The molecule has 4 rings (SSSR count). The summed E-state index contributed by atoms with van der Waals surface area (Å²) in [5, 5.41) is 11.4. The molecular formula is C60H80N6O16S. The van der Waals surface area contributed by atoms with Crippen molar-refractivity contribution >= 4 is 70.5 Å². The minimum absolute atomic E-state index is 0.0230. The summed E-state index contributed by atoms with van der Waals surface area (Å²) >= 11 is 1.44. The molecule has 4 aliphatic rings. The molecule has 8 N–H and O–H groups in total. The molecule has 0 spiro atoms. The molecule has 0 saturated carbocycles. The van der Waals surface area contributed by atoms with E-state index in [9.17, 15) is 47.9 Å². The van der Waals surface area contributed by atoms with Crippen LogP contribution in [-0.4, -0.2) is 148 Å². The van der Waals surface area contributed by atoms with Crippen molar-refractivity contribution in [1.82, 2.24) is 21.3 Å². The third-order valence-corrected chi connectivity index (χ3v) is 15.3. The predicted octanol–water partition coefficient (Wildman–Crippen LogP) is 4.87. The highest BCUT2D eigenvalue weighted by Crippen LogP contribution is 2.30. The highest BCUT2D eigenvalue weighted by molar-refractivity contribution is 7.99. The molecule has 4 bridgehead atoms. The maximum atomic E-state index is 14.3. The van der Waals surface area contributed by atoms with Gasteiger partial charge in [-0.25, -0.2) is 9.59 Å². The molecule has 452 valence electrons. The number of Topliss-reactive ketones (excluding diaryl/α,β-unsaturated/α-hetero) is 4. The summed E-state index contributed by atoms with van der Waals surface area (Å²) in [5.74, 6) is -5.70. The highest BCUT2D eigenvalue weighted by Gasteiger charge is 2.36. The Balaban J connectivity index is 1.56. The Morgan fingerprint density at radius 2 is 0.940 bits per heavy atom. The number of nitrogens with one attached hydrogen (secondary N) is 4. The molecule has 10 atom stereocenters. The van der Waals surface area contributed by atoms with Crippen LogP contribution in [0.25, 0.3) is 0 Å². The normalized spacial score (nSPS) is 30.4. The van der Waals surface area contributed by atoms with Crippen molar-refractivity contribution in [2.75, 3.05) is 53.0 Å². The standard InChI is InChI=1S/C60H80N6O16S/c1-31-23-39-49(43(67)29-41(53(39)71)65-57(73)33(3)15-13-17-45(77-9)55(81-59(61)75)37(7)27-35(5)51(69)47(25-31)79-11)63-19-21-83-22-20-64-50-40-24-32(2)26-48(80-12)52(70)36(6)28-38(8)56(82-60(62)76)46(78-10)18-14-16-34(4)58(74)66-42(54(40)72)30-44(50)68/h13-18,27-32,35-36,45-48,55-56,63-64H,19-26H2,1-12H3,(H2,61,75)(H2,62,76)(H,65,73)(H,66,74)/b17-13-,18-14-,33-15+,34-16+,37-27+,38-28+/t31-,32-,35+,36+,45+,46+,47+,48+,55+,56+/m1/s1. The Hall–Kier alpha value is -7.31. The van der Waals surface area contributed by atoms with Gasteiger partial charge in [0.05, 0.1) is 22.8 Å². The molecule has 0 aromatic heterocycles. The maximum Gasteiger partial charge on any atom is 0.405 e. The van der Waals surface area contributed by atoms with Gasteiger partial charge in [-0.2, -0.15) is 11.8 Å². The fourth-order valence-electron chi connectivity index (χ4n) is 9.84. The largest absolute Gasteiger partial charge is 0.439 e. The smallest absolute Gasteiger partial charge is 0.405 e. The summed E-state index contributed by atoms with van der Waals surface area (Å²) in [4.78, 5) is 135. The molecule has 0 unspecified atom stereocenters. The zero-order chi connectivity index (χ0) is 61.8. The number of nitrogens with two attached hydrogens (primary N) is 2. The van der Waals surface area contributed by atoms with Crippen molar-refractivity contribution in [2.24, 2.45) is 35.1 Å². The van der Waals surface area contributed by atoms with Gasteiger partial charge in [-0.15, -0.1) is 0 Å². The molecule has 2 aliphatic heterocycles. The first-order valence-electron chi connectivity index (χ1n) is 27.2. The average molecular weight is 1170 g/mol. The zero-order valence-corrected chi connectivity index (χ0v) is 50.1. The summed E-state index contributed by atoms with van der Waals surface area (Å²) in [6.07, 6.45) is 6.86. The number of primary amides is 2. The van der Waals surface area contributed by atoms with E-state index in [1.807, 2.05) is 13.8 Å². The molecule has 83 heavy (non-hydrogen) atoms. The van der Waals surface area contributed by atoms with E-state index < -0.39 is 107 Å². The SMILES string of the molecule is CO[C@H]1C[C@H](C)CC2=C(NCCSCCNC3=C4C[C@@H](C)C[C@H](OC)C(=O)[C@@H](C)/C=C(\C)[C@H](OC(N)=O)[C@@H](OC)/C=C\C=C(/C)C(=O)NC(=CC3=O)C4=O)C(=O)C=C(NC(=O)/C(C)=C/C=C\[C@H](OC)[C@@H](OC(N)=O)/C(C)=C/[C@H](C)C1=O)C2=O. The molecular weight excluding hydrogens is 1090 g/mol. The van der Waals surface area contributed by atoms with Crippen molar-refractivity contribution < 1.29 is 76.4 Å². The van der Waals surface area contributed by atoms with Gasteiger partial charge in [0.25, 0.3) is 11.8 Å². The summed E-state index contributed by atoms with van der Waals surface area (Å²) in [6.45, 7) is 13.7. The van der Waals surface area contributed by atoms with Crippen LogP contribution in [0.15, 0.2) is 117 Å². The second-order valence-corrected chi connectivity index (χ2v) is 22.1. The topological polar surface area (TPSA) is 326 Å². The van der Waals surface area contributed by atoms with E-state index in [4.69, 9.17) is 39.9 Å². The quantitative estimate of drug-likeness (QED) is 0.0768. The summed E-state index contributed by atoms with van der Waals surface area (Å²) in [7, 11) is 5.57. The van der Waals surface area contributed by atoms with Crippen molar-refractivity contribution in [3.8, 4) is 0 Å². The number of amides is 4. The molecule has 2 aliphatic carbocycles. The fourth-order valence-corrected chi connectivity index (χ4v) is 10.5. The molecule has 0 fully saturated rings. The number of carbonyl (C=O) groups excluding carboxylic acids is 10. The van der Waals surface area contributed by atoms with Crippen LogP contribution in [0.3, 0.4) is 0 Å². The van der Waals surface area contributed by atoms with Crippen molar-refractivity contribution in [3.63, 3.8) is 0 Å². The van der Waals surface area contributed by atoms with Gasteiger partial charge < -0.3 is 61.2 Å². The highest BCUT2D eigenvalue weighted by atomic mass is 32.2. The number of ether oxygens (including phenoxy) is 6. The molecule has 0 saturated heterocycles. The van der Waals surface area contributed by atoms with E-state index in [2.05, 4.69) is 21.3 Å². The van der Waals surface area contributed by atoms with E-state index in [0.717, 1.165) is 12.2 Å². The predicted molar refractivity (Wildman–Crippen MR) is 310 cm³/mol. The number of hydrogen-bond acceptors (Lipinski definition) is 19. The Morgan fingerprint density at radius 1 is 0.578 bits per heavy atom. The van der Waals surface area contributed by atoms with Crippen LogP contribution in [0.4, 0.5) is 9.59 Å². The van der Waals surface area contributed by atoms with Gasteiger partial charge in [-0.1, -0.05) is 76.3 Å². The van der Waals surface area contributed by atoms with Gasteiger partial charge in [0.2, 0.25) is 23.1 Å². The molecule has 22 nitrogen and oxygen atoms in total. The average Bonchev–Trinajstić information content (AvgIpc) is 3.61. The number of carbonyl (C=O) groups is 10. The van der Waals surface area contributed by atoms with Crippen LogP contribution >= 0.6 is 11.8 Å². The van der Waals surface area contributed by atoms with Gasteiger partial charge >= 0.3 is 12.2 Å². The third-order valence-electron chi connectivity index (χ3n) is 14.3. The number of hydrogen-bond donors (Lipinski definition) is 6. The lowest BCUT2D eigenvalue weighted by Gasteiger charge is -2.26. The van der Waals surface area contributed by atoms with Crippen molar-refractivity contribution in [2.45, 2.75) is 118 Å². The van der Waals surface area contributed by atoms with E-state index in [1.54, 1.807) is 39.8 Å². The van der Waals surface area contributed by atoms with Crippen LogP contribution in [0.2, 0.25) is 0 Å². The lowest BCUT2D eigenvalue weighted by Crippen LogP contribution is -2.37. The van der Waals surface area contributed by atoms with Crippen molar-refractivity contribution in [1.29, 1.82) is 0 Å². The Kier molecular flexibility index (Phi) is 26.7. The third kappa shape index (κ3) is 19.4. The zero-order valence-electron chi connectivity index (χ0n) is 49.3. The summed E-state index contributed by atoms with van der Waals surface area (Å²) < 4.78 is 33.4. The lowest BCUT2D eigenvalue weighted by atomic mass is 9.85. The number of thioether (sulfide) groups is 1. The van der Waals surface area contributed by atoms with Gasteiger partial charge in [0, 0.05) is 99.3 Å². The van der Waals surface area contributed by atoms with Gasteiger partial charge in [-0.05, 0) is 76.4 Å². The molecule has 2 heterocycles. The lowest BCUT2D eigenvalue weighted by molar-refractivity contribution is -0.132. The summed E-state index contributed by atoms with van der Waals surface area (Å²) in [5.41, 5.74) is 11.9. The monoisotopic (exact) mass is 1170 g/mol. The minimum Gasteiger partial charge on any atom is -0.439 e. The van der Waals surface area contributed by atoms with Gasteiger partial charge in [0.15, 0.2) is 23.8 Å². The van der Waals surface area contributed by atoms with Gasteiger partial charge in [0.1, 0.15) is 24.4 Å². The van der Waals surface area contributed by atoms with Crippen LogP contribution in [0, 0.1) is 23.7 Å². The van der Waals surface area contributed by atoms with Crippen LogP contribution in [0.1, 0.15) is 81.1 Å². The Morgan fingerprint density at radius 3 is 1.27 bits per heavy atom. The maximum absolute atomic E-state index is 14.3. The molecule has 0 aromatic carbocycles. The number of ketones is 6. The van der Waals surface area contributed by atoms with Crippen LogP contribution < -0.4 is 32.7 Å². The Labute approximate surface area is 489 Å². The first-order valence-corrected chi connectivity index (χ1v) is 28.4. The first-order chi connectivity index (χ1) is 39.3. The van der Waals surface area contributed by atoms with E-state index in [1.165, 1.54) is 90.5 Å². The second kappa shape index (κ2) is 32.5. The minimum atomic E-state index is -1.07. The molecule has 0 aromatic rings.